The van der Waals surface area contributed by atoms with Crippen LogP contribution >= 0.6 is 0 Å². The minimum absolute atomic E-state index is 0.706. The number of benzene rings is 1. The standard InChI is InChI=1S/C25H36F2/c1-2-3-4-5-6-7-19-8-10-20(11-9-19)12-13-21-14-15-22-17-24(26)25(27)18-23(22)16-21/h14,17-20H,2-13,15-16H2,1H3. The Morgan fingerprint density at radius 3 is 2.15 bits per heavy atom. The predicted octanol–water partition coefficient (Wildman–Crippen LogP) is 7.94. The van der Waals surface area contributed by atoms with Crippen LogP contribution in [-0.2, 0) is 12.8 Å². The highest BCUT2D eigenvalue weighted by Crippen LogP contribution is 2.36. The van der Waals surface area contributed by atoms with E-state index in [1.165, 1.54) is 88.3 Å². The molecule has 0 N–H and O–H groups in total. The van der Waals surface area contributed by atoms with Crippen LogP contribution in [0.15, 0.2) is 23.8 Å². The Kier molecular flexibility index (Phi) is 7.91. The maximum atomic E-state index is 13.5. The number of hydrogen-bond donors (Lipinski definition) is 0. The molecule has 0 unspecified atom stereocenters. The van der Waals surface area contributed by atoms with Crippen LogP contribution in [0, 0.1) is 23.5 Å². The van der Waals surface area contributed by atoms with Gasteiger partial charge in [-0.1, -0.05) is 82.8 Å². The zero-order valence-corrected chi connectivity index (χ0v) is 17.0. The van der Waals surface area contributed by atoms with E-state index in [2.05, 4.69) is 13.0 Å². The second-order valence-electron chi connectivity index (χ2n) is 8.91. The van der Waals surface area contributed by atoms with E-state index in [0.29, 0.717) is 0 Å². The lowest BCUT2D eigenvalue weighted by Crippen LogP contribution is -2.15. The van der Waals surface area contributed by atoms with Crippen LogP contribution in [0.25, 0.3) is 0 Å². The van der Waals surface area contributed by atoms with Gasteiger partial charge in [-0.25, -0.2) is 8.78 Å². The summed E-state index contributed by atoms with van der Waals surface area (Å²) in [5.41, 5.74) is 3.36. The topological polar surface area (TPSA) is 0 Å². The molecular formula is C25H36F2. The van der Waals surface area contributed by atoms with Crippen molar-refractivity contribution >= 4 is 0 Å². The summed E-state index contributed by atoms with van der Waals surface area (Å²) in [6.45, 7) is 2.28. The van der Waals surface area contributed by atoms with Gasteiger partial charge in [-0.15, -0.1) is 0 Å². The SMILES string of the molecule is CCCCCCCC1CCC(CCC2=CCc3cc(F)c(F)cc3C2)CC1. The number of unbranched alkanes of at least 4 members (excludes halogenated alkanes) is 4. The normalized spacial score (nSPS) is 22.4. The van der Waals surface area contributed by atoms with Crippen molar-refractivity contribution in [2.24, 2.45) is 11.8 Å². The van der Waals surface area contributed by atoms with Gasteiger partial charge in [0.2, 0.25) is 0 Å². The summed E-state index contributed by atoms with van der Waals surface area (Å²) in [5.74, 6) is 0.422. The van der Waals surface area contributed by atoms with Crippen molar-refractivity contribution in [3.05, 3.63) is 46.5 Å². The molecule has 0 aromatic heterocycles. The van der Waals surface area contributed by atoms with E-state index in [4.69, 9.17) is 0 Å². The summed E-state index contributed by atoms with van der Waals surface area (Å²) in [7, 11) is 0. The van der Waals surface area contributed by atoms with Gasteiger partial charge in [0, 0.05) is 0 Å². The lowest BCUT2D eigenvalue weighted by molar-refractivity contribution is 0.248. The fourth-order valence-corrected chi connectivity index (χ4v) is 4.98. The third-order valence-electron chi connectivity index (χ3n) is 6.83. The van der Waals surface area contributed by atoms with Gasteiger partial charge >= 0.3 is 0 Å². The Balaban J connectivity index is 1.35. The third-order valence-corrected chi connectivity index (χ3v) is 6.83. The van der Waals surface area contributed by atoms with Crippen LogP contribution in [0.5, 0.6) is 0 Å². The fraction of sp³-hybridized carbons (Fsp3) is 0.680. The summed E-state index contributed by atoms with van der Waals surface area (Å²) >= 11 is 0. The number of rotatable bonds is 9. The van der Waals surface area contributed by atoms with Crippen molar-refractivity contribution in [3.63, 3.8) is 0 Å². The van der Waals surface area contributed by atoms with Crippen molar-refractivity contribution in [2.45, 2.75) is 96.8 Å². The van der Waals surface area contributed by atoms with Gasteiger partial charge in [-0.2, -0.15) is 0 Å². The smallest absolute Gasteiger partial charge is 0.159 e. The highest BCUT2D eigenvalue weighted by atomic mass is 19.2. The molecule has 0 spiro atoms. The summed E-state index contributed by atoms with van der Waals surface area (Å²) < 4.78 is 26.9. The number of fused-ring (bicyclic) bond motifs is 1. The second kappa shape index (κ2) is 10.4. The molecule has 1 aromatic carbocycles. The molecule has 0 atom stereocenters. The Labute approximate surface area is 164 Å². The average molecular weight is 375 g/mol. The lowest BCUT2D eigenvalue weighted by Gasteiger charge is -2.29. The molecule has 0 nitrogen and oxygen atoms in total. The van der Waals surface area contributed by atoms with Gasteiger partial charge in [0.25, 0.3) is 0 Å². The van der Waals surface area contributed by atoms with Gasteiger partial charge in [0.1, 0.15) is 0 Å². The molecule has 0 radical (unpaired) electrons. The molecule has 150 valence electrons. The summed E-state index contributed by atoms with van der Waals surface area (Å²) in [6.07, 6.45) is 20.3. The van der Waals surface area contributed by atoms with Gasteiger partial charge in [-0.05, 0) is 60.8 Å². The van der Waals surface area contributed by atoms with Crippen LogP contribution in [0.2, 0.25) is 0 Å². The summed E-state index contributed by atoms with van der Waals surface area (Å²) in [5, 5.41) is 0. The van der Waals surface area contributed by atoms with E-state index in [-0.39, 0.29) is 0 Å². The molecule has 1 fully saturated rings. The maximum Gasteiger partial charge on any atom is 0.159 e. The minimum atomic E-state index is -0.715. The van der Waals surface area contributed by atoms with Crippen molar-refractivity contribution in [1.29, 1.82) is 0 Å². The van der Waals surface area contributed by atoms with Gasteiger partial charge in [0.05, 0.1) is 0 Å². The molecule has 2 heteroatoms. The monoisotopic (exact) mass is 374 g/mol. The first kappa shape index (κ1) is 20.6. The predicted molar refractivity (Wildman–Crippen MR) is 110 cm³/mol. The van der Waals surface area contributed by atoms with Gasteiger partial charge in [0.15, 0.2) is 11.6 Å². The molecule has 2 aliphatic rings. The Morgan fingerprint density at radius 1 is 0.815 bits per heavy atom. The molecule has 0 heterocycles. The van der Waals surface area contributed by atoms with Gasteiger partial charge < -0.3 is 0 Å². The Bertz CT molecular complexity index is 623. The molecule has 2 aliphatic carbocycles. The van der Waals surface area contributed by atoms with Crippen LogP contribution < -0.4 is 0 Å². The third kappa shape index (κ3) is 6.16. The fourth-order valence-electron chi connectivity index (χ4n) is 4.98. The van der Waals surface area contributed by atoms with Crippen molar-refractivity contribution < 1.29 is 8.78 Å². The second-order valence-corrected chi connectivity index (χ2v) is 8.91. The molecule has 0 amide bonds. The number of hydrogen-bond acceptors (Lipinski definition) is 0. The number of allylic oxidation sites excluding steroid dienone is 2. The van der Waals surface area contributed by atoms with E-state index in [9.17, 15) is 8.78 Å². The zero-order valence-electron chi connectivity index (χ0n) is 17.0. The van der Waals surface area contributed by atoms with Crippen molar-refractivity contribution in [3.8, 4) is 0 Å². The lowest BCUT2D eigenvalue weighted by atomic mass is 9.77. The van der Waals surface area contributed by atoms with Gasteiger partial charge in [-0.3, -0.25) is 0 Å². The molecule has 1 saturated carbocycles. The van der Waals surface area contributed by atoms with Crippen LogP contribution in [0.1, 0.15) is 95.1 Å². The van der Waals surface area contributed by atoms with Crippen molar-refractivity contribution in [1.82, 2.24) is 0 Å². The van der Waals surface area contributed by atoms with E-state index >= 15 is 0 Å². The van der Waals surface area contributed by atoms with Crippen LogP contribution in [0.3, 0.4) is 0 Å². The molecule has 0 bridgehead atoms. The van der Waals surface area contributed by atoms with E-state index in [1.807, 2.05) is 0 Å². The highest BCUT2D eigenvalue weighted by Gasteiger charge is 2.22. The van der Waals surface area contributed by atoms with E-state index in [0.717, 1.165) is 42.2 Å². The first-order valence-electron chi connectivity index (χ1n) is 11.3. The average Bonchev–Trinajstić information content (AvgIpc) is 2.68. The van der Waals surface area contributed by atoms with Crippen LogP contribution in [-0.4, -0.2) is 0 Å². The summed E-state index contributed by atoms with van der Waals surface area (Å²) in [4.78, 5) is 0. The molecular weight excluding hydrogens is 338 g/mol. The maximum absolute atomic E-state index is 13.5. The molecule has 0 aliphatic heterocycles. The number of halogens is 2. The first-order valence-corrected chi connectivity index (χ1v) is 11.3. The zero-order chi connectivity index (χ0) is 19.1. The highest BCUT2D eigenvalue weighted by molar-refractivity contribution is 5.37. The Morgan fingerprint density at radius 2 is 1.44 bits per heavy atom. The molecule has 3 rings (SSSR count). The van der Waals surface area contributed by atoms with Crippen LogP contribution in [0.4, 0.5) is 8.78 Å². The molecule has 1 aromatic rings. The molecule has 27 heavy (non-hydrogen) atoms. The largest absolute Gasteiger partial charge is 0.204 e. The molecule has 0 saturated heterocycles. The van der Waals surface area contributed by atoms with E-state index < -0.39 is 11.6 Å². The first-order chi connectivity index (χ1) is 13.2. The minimum Gasteiger partial charge on any atom is -0.204 e. The van der Waals surface area contributed by atoms with E-state index in [1.54, 1.807) is 0 Å². The Hall–Kier alpha value is -1.18. The summed E-state index contributed by atoms with van der Waals surface area (Å²) in [6, 6.07) is 2.78. The van der Waals surface area contributed by atoms with Crippen molar-refractivity contribution in [2.75, 3.05) is 0 Å². The quantitative estimate of drug-likeness (QED) is 0.304.